The van der Waals surface area contributed by atoms with Crippen molar-refractivity contribution in [1.29, 1.82) is 0 Å². The van der Waals surface area contributed by atoms with Crippen molar-refractivity contribution in [3.63, 3.8) is 0 Å². The molecule has 1 aromatic carbocycles. The van der Waals surface area contributed by atoms with Crippen molar-refractivity contribution in [2.45, 2.75) is 39.7 Å². The zero-order valence-electron chi connectivity index (χ0n) is 15.3. The van der Waals surface area contributed by atoms with E-state index in [0.29, 0.717) is 28.7 Å². The molecule has 2 aromatic rings. The molecule has 0 bridgehead atoms. The van der Waals surface area contributed by atoms with E-state index in [0.717, 1.165) is 0 Å². The Bertz CT molecular complexity index is 885. The van der Waals surface area contributed by atoms with Gasteiger partial charge in [0.15, 0.2) is 0 Å². The third-order valence-electron chi connectivity index (χ3n) is 4.63. The van der Waals surface area contributed by atoms with E-state index < -0.39 is 23.5 Å². The number of carbonyl (C=O) groups is 2. The first-order chi connectivity index (χ1) is 12.3. The second-order valence-electron chi connectivity index (χ2n) is 6.30. The van der Waals surface area contributed by atoms with E-state index in [9.17, 15) is 19.5 Å². The van der Waals surface area contributed by atoms with Crippen LogP contribution in [0.4, 0.5) is 0 Å². The molecular weight excluding hydrogens is 338 g/mol. The molecule has 2 rings (SSSR count). The summed E-state index contributed by atoms with van der Waals surface area (Å²) in [6.07, 6.45) is 0.368. The van der Waals surface area contributed by atoms with Crippen molar-refractivity contribution < 1.29 is 23.8 Å². The number of hydrogen-bond donors (Lipinski definition) is 2. The molecule has 0 aliphatic heterocycles. The maximum atomic E-state index is 12.3. The van der Waals surface area contributed by atoms with Gasteiger partial charge in [0.1, 0.15) is 17.4 Å². The van der Waals surface area contributed by atoms with Crippen molar-refractivity contribution in [2.75, 3.05) is 7.11 Å². The number of carboxylic acids is 1. The molecule has 0 aliphatic rings. The summed E-state index contributed by atoms with van der Waals surface area (Å²) in [6, 6.07) is 4.11. The summed E-state index contributed by atoms with van der Waals surface area (Å²) in [7, 11) is 1.51. The highest BCUT2D eigenvalue weighted by Gasteiger charge is 2.26. The van der Waals surface area contributed by atoms with Crippen LogP contribution in [0.5, 0.6) is 5.75 Å². The number of aryl methyl sites for hydroxylation is 1. The molecule has 140 valence electrons. The number of nitrogens with one attached hydrogen (secondary N) is 1. The third-order valence-corrected chi connectivity index (χ3v) is 4.63. The average molecular weight is 361 g/mol. The summed E-state index contributed by atoms with van der Waals surface area (Å²) in [5, 5.41) is 12.5. The van der Waals surface area contributed by atoms with Crippen molar-refractivity contribution >= 4 is 22.8 Å². The first-order valence-corrected chi connectivity index (χ1v) is 8.41. The van der Waals surface area contributed by atoms with Crippen LogP contribution in [0.1, 0.15) is 31.4 Å². The molecule has 7 nitrogen and oxygen atoms in total. The van der Waals surface area contributed by atoms with Gasteiger partial charge in [0.25, 0.3) is 0 Å². The number of rotatable bonds is 7. The first-order valence-electron chi connectivity index (χ1n) is 8.41. The molecule has 1 amide bonds. The number of fused-ring (bicyclic) bond motifs is 1. The lowest BCUT2D eigenvalue weighted by Gasteiger charge is -2.20. The van der Waals surface area contributed by atoms with E-state index in [1.807, 2.05) is 6.92 Å². The van der Waals surface area contributed by atoms with Gasteiger partial charge in [0.05, 0.1) is 19.1 Å². The summed E-state index contributed by atoms with van der Waals surface area (Å²) < 4.78 is 10.4. The maximum absolute atomic E-state index is 12.3. The van der Waals surface area contributed by atoms with Crippen molar-refractivity contribution in [3.8, 4) is 5.75 Å². The van der Waals surface area contributed by atoms with Gasteiger partial charge in [0.2, 0.25) is 5.91 Å². The van der Waals surface area contributed by atoms with Gasteiger partial charge in [-0.25, -0.2) is 9.59 Å². The molecule has 26 heavy (non-hydrogen) atoms. The fraction of sp³-hybridized carbons (Fsp3) is 0.421. The Morgan fingerprint density at radius 3 is 2.62 bits per heavy atom. The van der Waals surface area contributed by atoms with Crippen LogP contribution in [-0.2, 0) is 16.0 Å². The molecule has 1 heterocycles. The van der Waals surface area contributed by atoms with Gasteiger partial charge < -0.3 is 19.6 Å². The van der Waals surface area contributed by atoms with E-state index >= 15 is 0 Å². The van der Waals surface area contributed by atoms with E-state index in [2.05, 4.69) is 5.32 Å². The highest BCUT2D eigenvalue weighted by Crippen LogP contribution is 2.24. The first kappa shape index (κ1) is 19.5. The second-order valence-corrected chi connectivity index (χ2v) is 6.30. The molecule has 0 saturated carbocycles. The molecule has 0 aliphatic carbocycles. The molecule has 2 unspecified atom stereocenters. The van der Waals surface area contributed by atoms with Crippen LogP contribution >= 0.6 is 0 Å². The number of amides is 1. The van der Waals surface area contributed by atoms with Gasteiger partial charge in [-0.2, -0.15) is 0 Å². The normalized spacial score (nSPS) is 13.2. The fourth-order valence-electron chi connectivity index (χ4n) is 2.77. The number of methoxy groups -OCH3 is 1. The molecule has 0 fully saturated rings. The number of benzene rings is 1. The molecule has 1 aromatic heterocycles. The highest BCUT2D eigenvalue weighted by molar-refractivity contribution is 5.87. The number of carboxylic acid groups (broad SMARTS) is 1. The maximum Gasteiger partial charge on any atom is 0.340 e. The smallest absolute Gasteiger partial charge is 0.340 e. The van der Waals surface area contributed by atoms with Crippen LogP contribution in [0.3, 0.4) is 0 Å². The monoisotopic (exact) mass is 361 g/mol. The van der Waals surface area contributed by atoms with E-state index in [1.165, 1.54) is 7.11 Å². The van der Waals surface area contributed by atoms with E-state index in [1.54, 1.807) is 32.0 Å². The predicted octanol–water partition coefficient (Wildman–Crippen LogP) is 2.27. The lowest BCUT2D eigenvalue weighted by Crippen LogP contribution is -2.45. The van der Waals surface area contributed by atoms with Gasteiger partial charge in [-0.05, 0) is 30.5 Å². The number of carbonyl (C=O) groups excluding carboxylic acids is 1. The van der Waals surface area contributed by atoms with Crippen molar-refractivity contribution in [1.82, 2.24) is 5.32 Å². The minimum absolute atomic E-state index is 0.216. The van der Waals surface area contributed by atoms with E-state index in [4.69, 9.17) is 9.15 Å². The van der Waals surface area contributed by atoms with Gasteiger partial charge in [0, 0.05) is 11.5 Å². The zero-order valence-corrected chi connectivity index (χ0v) is 15.3. The summed E-state index contributed by atoms with van der Waals surface area (Å²) in [5.74, 6) is -1.29. The molecule has 2 atom stereocenters. The second kappa shape index (κ2) is 8.03. The van der Waals surface area contributed by atoms with Crippen LogP contribution < -0.4 is 15.7 Å². The summed E-state index contributed by atoms with van der Waals surface area (Å²) in [4.78, 5) is 36.0. The van der Waals surface area contributed by atoms with Crippen LogP contribution in [0.25, 0.3) is 11.0 Å². The van der Waals surface area contributed by atoms with Crippen LogP contribution in [0.15, 0.2) is 27.4 Å². The SMILES string of the molecule is CCC(C)C(NC(=O)Cc1c(C)c2ccc(OC)cc2oc1=O)C(=O)O. The Morgan fingerprint density at radius 1 is 1.35 bits per heavy atom. The van der Waals surface area contributed by atoms with Crippen molar-refractivity contribution in [2.24, 2.45) is 5.92 Å². The summed E-state index contributed by atoms with van der Waals surface area (Å²) in [6.45, 7) is 5.34. The average Bonchev–Trinajstić information content (AvgIpc) is 2.61. The quantitative estimate of drug-likeness (QED) is 0.733. The Balaban J connectivity index is 2.31. The molecule has 7 heteroatoms. The van der Waals surface area contributed by atoms with Gasteiger partial charge >= 0.3 is 11.6 Å². The molecule has 0 spiro atoms. The van der Waals surface area contributed by atoms with Gasteiger partial charge in [-0.3, -0.25) is 4.79 Å². The Labute approximate surface area is 151 Å². The lowest BCUT2D eigenvalue weighted by atomic mass is 9.98. The minimum Gasteiger partial charge on any atom is -0.497 e. The molecule has 0 radical (unpaired) electrons. The van der Waals surface area contributed by atoms with Crippen LogP contribution in [0.2, 0.25) is 0 Å². The topological polar surface area (TPSA) is 106 Å². The largest absolute Gasteiger partial charge is 0.497 e. The number of aliphatic carboxylic acids is 1. The van der Waals surface area contributed by atoms with Crippen molar-refractivity contribution in [3.05, 3.63) is 39.7 Å². The van der Waals surface area contributed by atoms with Crippen LogP contribution in [-0.4, -0.2) is 30.1 Å². The fourth-order valence-corrected chi connectivity index (χ4v) is 2.77. The summed E-state index contributed by atoms with van der Waals surface area (Å²) >= 11 is 0. The predicted molar refractivity (Wildman–Crippen MR) is 96.5 cm³/mol. The standard InChI is InChI=1S/C19H23NO6/c1-5-10(2)17(18(22)23)20-16(21)9-14-11(3)13-7-6-12(25-4)8-15(13)26-19(14)24/h6-8,10,17H,5,9H2,1-4H3,(H,20,21)(H,22,23). The zero-order chi connectivity index (χ0) is 19.4. The summed E-state index contributed by atoms with van der Waals surface area (Å²) in [5.41, 5.74) is 0.603. The Morgan fingerprint density at radius 2 is 2.04 bits per heavy atom. The Hall–Kier alpha value is -2.83. The van der Waals surface area contributed by atoms with Gasteiger partial charge in [-0.1, -0.05) is 20.3 Å². The van der Waals surface area contributed by atoms with E-state index in [-0.39, 0.29) is 17.9 Å². The third kappa shape index (κ3) is 4.04. The number of ether oxygens (including phenoxy) is 1. The molecular formula is C19H23NO6. The lowest BCUT2D eigenvalue weighted by molar-refractivity contribution is -0.143. The minimum atomic E-state index is -1.10. The highest BCUT2D eigenvalue weighted by atomic mass is 16.5. The molecule has 2 N–H and O–H groups in total. The van der Waals surface area contributed by atoms with Gasteiger partial charge in [-0.15, -0.1) is 0 Å². The molecule has 0 saturated heterocycles. The van der Waals surface area contributed by atoms with Crippen LogP contribution in [0, 0.1) is 12.8 Å². The Kier molecular flexibility index (Phi) is 6.02. The number of hydrogen-bond acceptors (Lipinski definition) is 5.